The van der Waals surface area contributed by atoms with Crippen molar-refractivity contribution in [3.05, 3.63) is 50.0 Å². The van der Waals surface area contributed by atoms with E-state index in [1.807, 2.05) is 6.92 Å². The Balaban J connectivity index is 2.15. The molecular weight excluding hydrogens is 278 g/mol. The van der Waals surface area contributed by atoms with Crippen LogP contribution >= 0.6 is 11.3 Å². The molecule has 1 aromatic carbocycles. The van der Waals surface area contributed by atoms with Crippen molar-refractivity contribution in [3.63, 3.8) is 0 Å². The molecule has 106 valence electrons. The largest absolute Gasteiger partial charge is 0.488 e. The third-order valence-corrected chi connectivity index (χ3v) is 3.55. The van der Waals surface area contributed by atoms with E-state index in [0.717, 1.165) is 15.4 Å². The number of benzene rings is 1. The fraction of sp³-hybridized carbons (Fsp3) is 0.308. The molecule has 0 spiro atoms. The molecule has 0 atom stereocenters. The normalized spacial score (nSPS) is 10.5. The zero-order chi connectivity index (χ0) is 14.5. The molecule has 1 heterocycles. The van der Waals surface area contributed by atoms with E-state index in [-0.39, 0.29) is 5.69 Å². The van der Waals surface area contributed by atoms with Crippen molar-refractivity contribution in [2.75, 3.05) is 7.05 Å². The molecule has 20 heavy (non-hydrogen) atoms. The van der Waals surface area contributed by atoms with Crippen LogP contribution in [0.2, 0.25) is 0 Å². The summed E-state index contributed by atoms with van der Waals surface area (Å²) in [5, 5.41) is 14.8. The van der Waals surface area contributed by atoms with Crippen LogP contribution in [0.25, 0.3) is 0 Å². The van der Waals surface area contributed by atoms with E-state index in [9.17, 15) is 10.1 Å². The molecule has 0 aliphatic carbocycles. The van der Waals surface area contributed by atoms with Gasteiger partial charge in [-0.3, -0.25) is 10.1 Å². The minimum atomic E-state index is -0.407. The highest BCUT2D eigenvalue weighted by atomic mass is 32.1. The molecular formula is C13H15N3O3S. The van der Waals surface area contributed by atoms with Gasteiger partial charge in [0.15, 0.2) is 0 Å². The number of thiazole rings is 1. The van der Waals surface area contributed by atoms with Crippen molar-refractivity contribution in [2.24, 2.45) is 0 Å². The summed E-state index contributed by atoms with van der Waals surface area (Å²) in [7, 11) is 1.79. The number of nitrogens with one attached hydrogen (secondary N) is 1. The maximum atomic E-state index is 10.8. The molecule has 7 heteroatoms. The Labute approximate surface area is 120 Å². The zero-order valence-electron chi connectivity index (χ0n) is 11.3. The molecule has 0 saturated carbocycles. The Morgan fingerprint density at radius 1 is 1.50 bits per heavy atom. The smallest absolute Gasteiger partial charge is 0.270 e. The van der Waals surface area contributed by atoms with E-state index >= 15 is 0 Å². The van der Waals surface area contributed by atoms with Gasteiger partial charge in [-0.05, 0) is 20.0 Å². The van der Waals surface area contributed by atoms with E-state index in [1.165, 1.54) is 12.1 Å². The van der Waals surface area contributed by atoms with Crippen LogP contribution in [0, 0.1) is 17.0 Å². The monoisotopic (exact) mass is 293 g/mol. The summed E-state index contributed by atoms with van der Waals surface area (Å²) < 4.78 is 5.73. The van der Waals surface area contributed by atoms with Crippen molar-refractivity contribution in [2.45, 2.75) is 20.1 Å². The third-order valence-electron chi connectivity index (χ3n) is 2.66. The minimum Gasteiger partial charge on any atom is -0.488 e. The van der Waals surface area contributed by atoms with E-state index in [2.05, 4.69) is 10.3 Å². The second-order valence-corrected chi connectivity index (χ2v) is 5.53. The summed E-state index contributed by atoms with van der Waals surface area (Å²) in [5.41, 5.74) is 0.833. The summed E-state index contributed by atoms with van der Waals surface area (Å²) in [5.74, 6) is 0.649. The van der Waals surface area contributed by atoms with Crippen LogP contribution in [-0.4, -0.2) is 17.0 Å². The summed E-state index contributed by atoms with van der Waals surface area (Å²) in [6.45, 7) is 2.87. The van der Waals surface area contributed by atoms with Gasteiger partial charge in [0.05, 0.1) is 14.8 Å². The average Bonchev–Trinajstić information content (AvgIpc) is 2.83. The lowest BCUT2D eigenvalue weighted by Gasteiger charge is -2.10. The van der Waals surface area contributed by atoms with Crippen LogP contribution in [0.3, 0.4) is 0 Å². The second kappa shape index (κ2) is 6.44. The number of hydrogen-bond acceptors (Lipinski definition) is 6. The van der Waals surface area contributed by atoms with Crippen molar-refractivity contribution in [3.8, 4) is 5.75 Å². The number of nitro groups is 1. The standard InChI is InChI=1S/C13H15N3O3S/c1-9-15-7-12(20-9)8-19-13-4-3-11(16(17)18)5-10(13)6-14-2/h3-5,7,14H,6,8H2,1-2H3. The van der Waals surface area contributed by atoms with Gasteiger partial charge >= 0.3 is 0 Å². The van der Waals surface area contributed by atoms with Crippen molar-refractivity contribution >= 4 is 17.0 Å². The van der Waals surface area contributed by atoms with Gasteiger partial charge in [-0.2, -0.15) is 0 Å². The molecule has 0 aliphatic heterocycles. The molecule has 0 radical (unpaired) electrons. The lowest BCUT2D eigenvalue weighted by Crippen LogP contribution is -2.08. The highest BCUT2D eigenvalue weighted by Gasteiger charge is 2.11. The van der Waals surface area contributed by atoms with E-state index in [0.29, 0.717) is 18.9 Å². The predicted octanol–water partition coefficient (Wildman–Crippen LogP) is 2.66. The first-order chi connectivity index (χ1) is 9.60. The molecule has 1 aromatic heterocycles. The fourth-order valence-corrected chi connectivity index (χ4v) is 2.48. The lowest BCUT2D eigenvalue weighted by atomic mass is 10.2. The lowest BCUT2D eigenvalue weighted by molar-refractivity contribution is -0.384. The number of rotatable bonds is 6. The molecule has 6 nitrogen and oxygen atoms in total. The number of nitrogens with zero attached hydrogens (tertiary/aromatic N) is 2. The van der Waals surface area contributed by atoms with Crippen LogP contribution in [0.15, 0.2) is 24.4 Å². The summed E-state index contributed by atoms with van der Waals surface area (Å²) in [6.07, 6.45) is 1.78. The number of nitro benzene ring substituents is 1. The number of hydrogen-bond donors (Lipinski definition) is 1. The maximum Gasteiger partial charge on any atom is 0.270 e. The Hall–Kier alpha value is -1.99. The van der Waals surface area contributed by atoms with Gasteiger partial charge in [0.25, 0.3) is 5.69 Å². The van der Waals surface area contributed by atoms with Crippen molar-refractivity contribution in [1.82, 2.24) is 10.3 Å². The van der Waals surface area contributed by atoms with E-state index < -0.39 is 4.92 Å². The third kappa shape index (κ3) is 3.52. The zero-order valence-corrected chi connectivity index (χ0v) is 12.1. The number of non-ortho nitro benzene ring substituents is 1. The summed E-state index contributed by atoms with van der Waals surface area (Å²) in [4.78, 5) is 15.6. The molecule has 2 rings (SSSR count). The summed E-state index contributed by atoms with van der Waals surface area (Å²) >= 11 is 1.57. The molecule has 0 fully saturated rings. The van der Waals surface area contributed by atoms with Gasteiger partial charge in [-0.15, -0.1) is 11.3 Å². The van der Waals surface area contributed by atoms with Gasteiger partial charge in [-0.25, -0.2) is 4.98 Å². The van der Waals surface area contributed by atoms with Crippen LogP contribution < -0.4 is 10.1 Å². The van der Waals surface area contributed by atoms with Crippen LogP contribution in [0.4, 0.5) is 5.69 Å². The van der Waals surface area contributed by atoms with Crippen LogP contribution in [-0.2, 0) is 13.2 Å². The van der Waals surface area contributed by atoms with Gasteiger partial charge < -0.3 is 10.1 Å². The average molecular weight is 293 g/mol. The molecule has 0 saturated heterocycles. The quantitative estimate of drug-likeness (QED) is 0.654. The highest BCUT2D eigenvalue weighted by Crippen LogP contribution is 2.25. The Morgan fingerprint density at radius 3 is 2.90 bits per heavy atom. The van der Waals surface area contributed by atoms with Crippen molar-refractivity contribution < 1.29 is 9.66 Å². The second-order valence-electron chi connectivity index (χ2n) is 4.21. The topological polar surface area (TPSA) is 77.3 Å². The Morgan fingerprint density at radius 2 is 2.30 bits per heavy atom. The van der Waals surface area contributed by atoms with E-state index in [1.54, 1.807) is 30.6 Å². The Bertz CT molecular complexity index is 613. The fourth-order valence-electron chi connectivity index (χ4n) is 1.77. The first-order valence-corrected chi connectivity index (χ1v) is 6.88. The number of aromatic nitrogens is 1. The highest BCUT2D eigenvalue weighted by molar-refractivity contribution is 7.11. The van der Waals surface area contributed by atoms with Gasteiger partial charge in [0.1, 0.15) is 12.4 Å². The minimum absolute atomic E-state index is 0.0660. The molecule has 0 unspecified atom stereocenters. The maximum absolute atomic E-state index is 10.8. The molecule has 1 N–H and O–H groups in total. The first-order valence-electron chi connectivity index (χ1n) is 6.06. The first kappa shape index (κ1) is 14.4. The molecule has 0 bridgehead atoms. The van der Waals surface area contributed by atoms with Gasteiger partial charge in [0.2, 0.25) is 0 Å². The van der Waals surface area contributed by atoms with Gasteiger partial charge in [0, 0.05) is 30.4 Å². The van der Waals surface area contributed by atoms with Crippen LogP contribution in [0.1, 0.15) is 15.4 Å². The van der Waals surface area contributed by atoms with Crippen molar-refractivity contribution in [1.29, 1.82) is 0 Å². The van der Waals surface area contributed by atoms with E-state index in [4.69, 9.17) is 4.74 Å². The Kier molecular flexibility index (Phi) is 4.65. The number of ether oxygens (including phenoxy) is 1. The molecule has 2 aromatic rings. The molecule has 0 aliphatic rings. The predicted molar refractivity (Wildman–Crippen MR) is 77.0 cm³/mol. The molecule has 0 amide bonds. The summed E-state index contributed by atoms with van der Waals surface area (Å²) in [6, 6.07) is 4.62. The van der Waals surface area contributed by atoms with Gasteiger partial charge in [-0.1, -0.05) is 0 Å². The van der Waals surface area contributed by atoms with Crippen LogP contribution in [0.5, 0.6) is 5.75 Å². The number of aryl methyl sites for hydroxylation is 1. The SMILES string of the molecule is CNCc1cc([N+](=O)[O-])ccc1OCc1cnc(C)s1.